The largest absolute Gasteiger partial charge is 0.357 e. The summed E-state index contributed by atoms with van der Waals surface area (Å²) in [5.74, 6) is 0.857. The summed E-state index contributed by atoms with van der Waals surface area (Å²) < 4.78 is 26.5. The molecule has 2 aromatic rings. The van der Waals surface area contributed by atoms with Gasteiger partial charge in [-0.05, 0) is 13.8 Å². The number of hydrogen-bond donors (Lipinski definition) is 1. The SMILES string of the molecule is CCNC(=NCc1nccn1C(F)F)N(C)Cc1csc(C)n1.I. The molecular formula is C14H21F2IN6S. The van der Waals surface area contributed by atoms with Crippen molar-refractivity contribution < 1.29 is 8.78 Å². The van der Waals surface area contributed by atoms with Crippen molar-refractivity contribution in [2.24, 2.45) is 4.99 Å². The number of nitrogens with zero attached hydrogens (tertiary/aromatic N) is 5. The highest BCUT2D eigenvalue weighted by molar-refractivity contribution is 14.0. The summed E-state index contributed by atoms with van der Waals surface area (Å²) in [4.78, 5) is 14.7. The smallest absolute Gasteiger partial charge is 0.319 e. The molecule has 6 nitrogen and oxygen atoms in total. The van der Waals surface area contributed by atoms with Gasteiger partial charge in [0.25, 0.3) is 0 Å². The van der Waals surface area contributed by atoms with Gasteiger partial charge in [0, 0.05) is 31.4 Å². The maximum absolute atomic E-state index is 12.8. The second-order valence-corrected chi connectivity index (χ2v) is 5.97. The minimum Gasteiger partial charge on any atom is -0.357 e. The van der Waals surface area contributed by atoms with Crippen LogP contribution in [0.2, 0.25) is 0 Å². The van der Waals surface area contributed by atoms with Gasteiger partial charge in [-0.2, -0.15) is 8.78 Å². The third-order valence-electron chi connectivity index (χ3n) is 3.09. The Bertz CT molecular complexity index is 657. The van der Waals surface area contributed by atoms with Crippen LogP contribution in [0.25, 0.3) is 0 Å². The van der Waals surface area contributed by atoms with Crippen molar-refractivity contribution >= 4 is 41.3 Å². The van der Waals surface area contributed by atoms with E-state index < -0.39 is 6.55 Å². The van der Waals surface area contributed by atoms with Crippen LogP contribution in [0.1, 0.15) is 30.0 Å². The number of imidazole rings is 1. The monoisotopic (exact) mass is 470 g/mol. The van der Waals surface area contributed by atoms with Gasteiger partial charge in [0.05, 0.1) is 17.2 Å². The lowest BCUT2D eigenvalue weighted by Crippen LogP contribution is -2.38. The second kappa shape index (κ2) is 9.87. The maximum atomic E-state index is 12.8. The van der Waals surface area contributed by atoms with Gasteiger partial charge in [0.15, 0.2) is 5.96 Å². The lowest BCUT2D eigenvalue weighted by molar-refractivity contribution is 0.0671. The third-order valence-corrected chi connectivity index (χ3v) is 3.91. The number of aliphatic imine (C=N–C) groups is 1. The standard InChI is InChI=1S/C14H20F2N6S.HI/c1-4-17-14(21(3)8-11-9-23-10(2)20-11)19-7-12-18-5-6-22(12)13(15)16;/h5-6,9,13H,4,7-8H2,1-3H3,(H,17,19);1H. The molecule has 0 aliphatic rings. The number of aromatic nitrogens is 3. The van der Waals surface area contributed by atoms with Crippen LogP contribution in [0.4, 0.5) is 8.78 Å². The first-order chi connectivity index (χ1) is 11.0. The molecule has 0 saturated carbocycles. The number of nitrogens with one attached hydrogen (secondary N) is 1. The molecule has 0 spiro atoms. The van der Waals surface area contributed by atoms with Gasteiger partial charge < -0.3 is 10.2 Å². The molecule has 0 radical (unpaired) electrons. The van der Waals surface area contributed by atoms with Crippen LogP contribution in [0, 0.1) is 6.92 Å². The van der Waals surface area contributed by atoms with Crippen LogP contribution in [0.3, 0.4) is 0 Å². The van der Waals surface area contributed by atoms with Crippen molar-refractivity contribution in [1.29, 1.82) is 0 Å². The molecule has 134 valence electrons. The van der Waals surface area contributed by atoms with Crippen molar-refractivity contribution in [2.75, 3.05) is 13.6 Å². The predicted octanol–water partition coefficient (Wildman–Crippen LogP) is 3.26. The summed E-state index contributed by atoms with van der Waals surface area (Å²) in [5, 5.41) is 6.16. The summed E-state index contributed by atoms with van der Waals surface area (Å²) in [7, 11) is 1.88. The van der Waals surface area contributed by atoms with E-state index in [-0.39, 0.29) is 36.3 Å². The molecule has 0 fully saturated rings. The average Bonchev–Trinajstić information content (AvgIpc) is 3.12. The average molecular weight is 470 g/mol. The van der Waals surface area contributed by atoms with Crippen molar-refractivity contribution in [3.8, 4) is 0 Å². The van der Waals surface area contributed by atoms with Crippen molar-refractivity contribution in [3.05, 3.63) is 34.3 Å². The van der Waals surface area contributed by atoms with Gasteiger partial charge in [-0.3, -0.25) is 4.57 Å². The molecule has 0 unspecified atom stereocenters. The van der Waals surface area contributed by atoms with E-state index in [0.717, 1.165) is 15.3 Å². The summed E-state index contributed by atoms with van der Waals surface area (Å²) >= 11 is 1.59. The number of thiazole rings is 1. The molecule has 0 saturated heterocycles. The van der Waals surface area contributed by atoms with Gasteiger partial charge in [0.1, 0.15) is 12.4 Å². The van der Waals surface area contributed by atoms with Crippen LogP contribution in [0.5, 0.6) is 0 Å². The summed E-state index contributed by atoms with van der Waals surface area (Å²) in [5.41, 5.74) is 0.953. The Labute approximate surface area is 161 Å². The third kappa shape index (κ3) is 5.65. The highest BCUT2D eigenvalue weighted by atomic mass is 127. The van der Waals surface area contributed by atoms with E-state index in [2.05, 4.69) is 20.3 Å². The van der Waals surface area contributed by atoms with Crippen LogP contribution in [-0.2, 0) is 13.1 Å². The number of halogens is 3. The fourth-order valence-corrected chi connectivity index (χ4v) is 2.66. The molecule has 0 amide bonds. The van der Waals surface area contributed by atoms with Crippen molar-refractivity contribution in [3.63, 3.8) is 0 Å². The van der Waals surface area contributed by atoms with E-state index in [0.29, 0.717) is 19.0 Å². The van der Waals surface area contributed by atoms with E-state index in [4.69, 9.17) is 0 Å². The molecule has 2 rings (SSSR count). The van der Waals surface area contributed by atoms with Gasteiger partial charge in [-0.25, -0.2) is 15.0 Å². The van der Waals surface area contributed by atoms with Crippen LogP contribution in [0.15, 0.2) is 22.8 Å². The van der Waals surface area contributed by atoms with Crippen molar-refractivity contribution in [1.82, 2.24) is 24.8 Å². The highest BCUT2D eigenvalue weighted by Gasteiger charge is 2.12. The molecule has 0 aromatic carbocycles. The summed E-state index contributed by atoms with van der Waals surface area (Å²) in [6.07, 6.45) is 2.61. The van der Waals surface area contributed by atoms with E-state index in [1.807, 2.05) is 31.2 Å². The Morgan fingerprint density at radius 1 is 1.50 bits per heavy atom. The number of rotatable bonds is 6. The lowest BCUT2D eigenvalue weighted by atomic mass is 10.4. The minimum atomic E-state index is -2.61. The molecular weight excluding hydrogens is 449 g/mol. The fourth-order valence-electron chi connectivity index (χ4n) is 2.06. The molecule has 1 N–H and O–H groups in total. The lowest BCUT2D eigenvalue weighted by Gasteiger charge is -2.21. The predicted molar refractivity (Wildman–Crippen MR) is 102 cm³/mol. The first-order valence-electron chi connectivity index (χ1n) is 7.21. The Morgan fingerprint density at radius 2 is 2.25 bits per heavy atom. The topological polar surface area (TPSA) is 58.3 Å². The van der Waals surface area contributed by atoms with Gasteiger partial charge in [-0.1, -0.05) is 0 Å². The van der Waals surface area contributed by atoms with Crippen molar-refractivity contribution in [2.45, 2.75) is 33.5 Å². The van der Waals surface area contributed by atoms with Crippen LogP contribution >= 0.6 is 35.3 Å². The van der Waals surface area contributed by atoms with E-state index in [9.17, 15) is 8.78 Å². The molecule has 0 bridgehead atoms. The van der Waals surface area contributed by atoms with Gasteiger partial charge in [0.2, 0.25) is 0 Å². The molecule has 10 heteroatoms. The van der Waals surface area contributed by atoms with E-state index >= 15 is 0 Å². The fraction of sp³-hybridized carbons (Fsp3) is 0.500. The van der Waals surface area contributed by atoms with E-state index in [1.54, 1.807) is 11.3 Å². The zero-order valence-corrected chi connectivity index (χ0v) is 16.9. The first-order valence-corrected chi connectivity index (χ1v) is 8.09. The normalized spacial score (nSPS) is 11.5. The van der Waals surface area contributed by atoms with Gasteiger partial charge in [-0.15, -0.1) is 35.3 Å². The number of aryl methyl sites for hydroxylation is 1. The first kappa shape index (κ1) is 20.7. The molecule has 2 heterocycles. The zero-order valence-electron chi connectivity index (χ0n) is 13.7. The van der Waals surface area contributed by atoms with E-state index in [1.165, 1.54) is 12.4 Å². The van der Waals surface area contributed by atoms with Crippen LogP contribution in [-0.4, -0.2) is 39.0 Å². The Hall–Kier alpha value is -1.30. The Kier molecular flexibility index (Phi) is 8.53. The van der Waals surface area contributed by atoms with Crippen LogP contribution < -0.4 is 5.32 Å². The Balaban J connectivity index is 0.00000288. The minimum absolute atomic E-state index is 0. The second-order valence-electron chi connectivity index (χ2n) is 4.91. The molecule has 24 heavy (non-hydrogen) atoms. The molecule has 0 aliphatic heterocycles. The molecule has 0 atom stereocenters. The zero-order chi connectivity index (χ0) is 16.8. The molecule has 2 aromatic heterocycles. The summed E-state index contributed by atoms with van der Waals surface area (Å²) in [6.45, 7) is 2.66. The highest BCUT2D eigenvalue weighted by Crippen LogP contribution is 2.13. The summed E-state index contributed by atoms with van der Waals surface area (Å²) in [6, 6.07) is 0. The molecule has 0 aliphatic carbocycles. The number of alkyl halides is 2. The maximum Gasteiger partial charge on any atom is 0.319 e. The van der Waals surface area contributed by atoms with Gasteiger partial charge >= 0.3 is 6.55 Å². The number of guanidine groups is 1. The quantitative estimate of drug-likeness (QED) is 0.400. The Morgan fingerprint density at radius 3 is 2.83 bits per heavy atom. The number of hydrogen-bond acceptors (Lipinski definition) is 4.